The number of rotatable bonds is 6. The molecule has 1 saturated heterocycles. The van der Waals surface area contributed by atoms with Gasteiger partial charge < -0.3 is 20.1 Å². The van der Waals surface area contributed by atoms with E-state index < -0.39 is 0 Å². The molecule has 2 aliphatic heterocycles. The van der Waals surface area contributed by atoms with E-state index >= 15 is 0 Å². The number of pyridine rings is 1. The number of nitrogens with zero attached hydrogens (tertiary/aromatic N) is 5. The largest absolute Gasteiger partial charge is 0.472 e. The van der Waals surface area contributed by atoms with Gasteiger partial charge in [-0.1, -0.05) is 6.07 Å². The summed E-state index contributed by atoms with van der Waals surface area (Å²) < 4.78 is 15.0. The number of hydrogen-bond acceptors (Lipinski definition) is 8. The average molecular weight is 488 g/mol. The zero-order chi connectivity index (χ0) is 24.6. The van der Waals surface area contributed by atoms with Crippen molar-refractivity contribution in [2.75, 3.05) is 25.1 Å². The first-order chi connectivity index (χ1) is 17.6. The maximum atomic E-state index is 13.3. The molecule has 4 aromatic rings. The Labute approximate surface area is 208 Å². The van der Waals surface area contributed by atoms with Crippen molar-refractivity contribution in [1.82, 2.24) is 29.6 Å². The fraction of sp³-hybridized carbons (Fsp3) is 0.385. The predicted molar refractivity (Wildman–Crippen MR) is 136 cm³/mol. The average Bonchev–Trinajstić information content (AvgIpc) is 3.50. The van der Waals surface area contributed by atoms with Crippen LogP contribution in [0.3, 0.4) is 0 Å². The Hall–Kier alpha value is -3.76. The molecule has 0 amide bonds. The molecule has 1 atom stereocenters. The van der Waals surface area contributed by atoms with Crippen LogP contribution in [0.2, 0.25) is 0 Å². The minimum atomic E-state index is -0.142. The molecule has 186 valence electrons. The van der Waals surface area contributed by atoms with Crippen molar-refractivity contribution in [3.8, 4) is 11.6 Å². The first-order valence-corrected chi connectivity index (χ1v) is 12.4. The predicted octanol–water partition coefficient (Wildman–Crippen LogP) is 3.12. The van der Waals surface area contributed by atoms with Gasteiger partial charge in [0, 0.05) is 43.2 Å². The Bertz CT molecular complexity index is 1470. The number of anilines is 2. The highest BCUT2D eigenvalue weighted by molar-refractivity contribution is 5.77. The summed E-state index contributed by atoms with van der Waals surface area (Å²) >= 11 is 0. The van der Waals surface area contributed by atoms with E-state index in [0.717, 1.165) is 37.3 Å². The highest BCUT2D eigenvalue weighted by Gasteiger charge is 2.22. The lowest BCUT2D eigenvalue weighted by molar-refractivity contribution is 0.138. The molecule has 1 fully saturated rings. The lowest BCUT2D eigenvalue weighted by Crippen LogP contribution is -2.24. The van der Waals surface area contributed by atoms with Gasteiger partial charge in [0.2, 0.25) is 11.8 Å². The molecule has 10 nitrogen and oxygen atoms in total. The van der Waals surface area contributed by atoms with Gasteiger partial charge in [0.1, 0.15) is 11.5 Å². The summed E-state index contributed by atoms with van der Waals surface area (Å²) in [5, 5.41) is 7.17. The van der Waals surface area contributed by atoms with E-state index in [1.54, 1.807) is 17.1 Å². The van der Waals surface area contributed by atoms with Crippen LogP contribution in [0.25, 0.3) is 16.7 Å². The summed E-state index contributed by atoms with van der Waals surface area (Å²) in [4.78, 5) is 26.9. The number of hydrogen-bond donors (Lipinski definition) is 2. The van der Waals surface area contributed by atoms with Crippen molar-refractivity contribution in [3.63, 3.8) is 0 Å². The number of nitrogens with one attached hydrogen (secondary N) is 2. The fourth-order valence-corrected chi connectivity index (χ4v) is 4.83. The Balaban J connectivity index is 1.40. The van der Waals surface area contributed by atoms with E-state index in [2.05, 4.69) is 32.7 Å². The molecule has 1 aromatic carbocycles. The maximum Gasteiger partial charge on any atom is 0.278 e. The van der Waals surface area contributed by atoms with E-state index in [1.165, 1.54) is 11.1 Å². The lowest BCUT2D eigenvalue weighted by atomic mass is 10.0. The zero-order valence-corrected chi connectivity index (χ0v) is 20.4. The molecule has 0 saturated carbocycles. The Kier molecular flexibility index (Phi) is 5.90. The molecule has 0 bridgehead atoms. The Morgan fingerprint density at radius 3 is 2.94 bits per heavy atom. The van der Waals surface area contributed by atoms with Crippen LogP contribution in [-0.2, 0) is 17.7 Å². The molecular formula is C26H29N7O3. The Morgan fingerprint density at radius 1 is 1.19 bits per heavy atom. The number of ether oxygens (including phenoxy) is 2. The van der Waals surface area contributed by atoms with Crippen LogP contribution in [0.5, 0.6) is 5.88 Å². The third-order valence-corrected chi connectivity index (χ3v) is 6.60. The lowest BCUT2D eigenvalue weighted by Gasteiger charge is -2.18. The van der Waals surface area contributed by atoms with Gasteiger partial charge in [-0.15, -0.1) is 0 Å². The molecular weight excluding hydrogens is 458 g/mol. The Morgan fingerprint density at radius 2 is 2.11 bits per heavy atom. The number of fused-ring (bicyclic) bond motifs is 2. The van der Waals surface area contributed by atoms with Crippen molar-refractivity contribution < 1.29 is 9.47 Å². The summed E-state index contributed by atoms with van der Waals surface area (Å²) in [6.45, 7) is 7.04. The second-order valence-corrected chi connectivity index (χ2v) is 9.48. The van der Waals surface area contributed by atoms with Gasteiger partial charge in [0.25, 0.3) is 5.56 Å². The van der Waals surface area contributed by atoms with Crippen molar-refractivity contribution in [3.05, 3.63) is 64.2 Å². The number of benzene rings is 1. The van der Waals surface area contributed by atoms with E-state index in [0.29, 0.717) is 36.1 Å². The summed E-state index contributed by atoms with van der Waals surface area (Å²) in [7, 11) is 0. The normalized spacial score (nSPS) is 17.5. The van der Waals surface area contributed by atoms with Gasteiger partial charge in [-0.25, -0.2) is 19.3 Å². The molecule has 0 radical (unpaired) electrons. The summed E-state index contributed by atoms with van der Waals surface area (Å²) in [6, 6.07) is 9.89. The SMILES string of the molecule is CC(C)n1c(=O)c2cnc(Nc3ccc4c(c3)CCNC4)nc2n1-c1ccnc(OC2CCOC2)c1. The van der Waals surface area contributed by atoms with E-state index in [9.17, 15) is 4.79 Å². The van der Waals surface area contributed by atoms with Gasteiger partial charge >= 0.3 is 0 Å². The molecule has 1 unspecified atom stereocenters. The minimum Gasteiger partial charge on any atom is -0.472 e. The molecule has 3 aromatic heterocycles. The molecule has 6 rings (SSSR count). The van der Waals surface area contributed by atoms with Crippen molar-refractivity contribution in [2.45, 2.75) is 45.4 Å². The second-order valence-electron chi connectivity index (χ2n) is 9.48. The minimum absolute atomic E-state index is 0.0213. The molecule has 10 heteroatoms. The highest BCUT2D eigenvalue weighted by atomic mass is 16.5. The van der Waals surface area contributed by atoms with Crippen LogP contribution in [0.15, 0.2) is 47.5 Å². The van der Waals surface area contributed by atoms with Crippen LogP contribution in [-0.4, -0.2) is 50.2 Å². The van der Waals surface area contributed by atoms with E-state index in [1.807, 2.05) is 36.7 Å². The zero-order valence-electron chi connectivity index (χ0n) is 20.4. The standard InChI is InChI=1S/C26H29N7O3/c1-16(2)32-25(34)22-14-29-26(30-19-4-3-18-13-27-8-5-17(18)11-19)31-24(22)33(32)20-6-9-28-23(12-20)36-21-7-10-35-15-21/h3-4,6,9,11-12,14,16,21,27H,5,7-8,10,13,15H2,1-2H3,(H,29,30,31). The molecule has 2 N–H and O–H groups in total. The van der Waals surface area contributed by atoms with Crippen LogP contribution in [0.1, 0.15) is 37.4 Å². The smallest absolute Gasteiger partial charge is 0.278 e. The van der Waals surface area contributed by atoms with Gasteiger partial charge in [-0.05, 0) is 56.1 Å². The van der Waals surface area contributed by atoms with Crippen molar-refractivity contribution in [1.29, 1.82) is 0 Å². The second kappa shape index (κ2) is 9.36. The topological polar surface area (TPSA) is 108 Å². The van der Waals surface area contributed by atoms with Gasteiger partial charge in [0.05, 0.1) is 18.9 Å². The van der Waals surface area contributed by atoms with Crippen molar-refractivity contribution >= 4 is 22.7 Å². The summed E-state index contributed by atoms with van der Waals surface area (Å²) in [5.74, 6) is 0.920. The quantitative estimate of drug-likeness (QED) is 0.427. The molecule has 5 heterocycles. The third kappa shape index (κ3) is 4.22. The summed E-state index contributed by atoms with van der Waals surface area (Å²) in [6.07, 6.45) is 5.08. The number of aromatic nitrogens is 5. The molecule has 0 spiro atoms. The van der Waals surface area contributed by atoms with Gasteiger partial charge in [-0.2, -0.15) is 4.98 Å². The van der Waals surface area contributed by atoms with E-state index in [-0.39, 0.29) is 17.7 Å². The monoisotopic (exact) mass is 487 g/mol. The van der Waals surface area contributed by atoms with Crippen LogP contribution >= 0.6 is 0 Å². The summed E-state index contributed by atoms with van der Waals surface area (Å²) in [5.41, 5.74) is 4.67. The first kappa shape index (κ1) is 22.7. The highest BCUT2D eigenvalue weighted by Crippen LogP contribution is 2.25. The first-order valence-electron chi connectivity index (χ1n) is 12.4. The van der Waals surface area contributed by atoms with Crippen LogP contribution in [0, 0.1) is 0 Å². The van der Waals surface area contributed by atoms with Gasteiger partial charge in [0.15, 0.2) is 5.65 Å². The van der Waals surface area contributed by atoms with Crippen LogP contribution in [0.4, 0.5) is 11.6 Å². The molecule has 2 aliphatic rings. The van der Waals surface area contributed by atoms with Crippen LogP contribution < -0.4 is 20.9 Å². The molecule has 0 aliphatic carbocycles. The van der Waals surface area contributed by atoms with Gasteiger partial charge in [-0.3, -0.25) is 4.79 Å². The van der Waals surface area contributed by atoms with Crippen molar-refractivity contribution in [2.24, 2.45) is 0 Å². The maximum absolute atomic E-state index is 13.3. The fourth-order valence-electron chi connectivity index (χ4n) is 4.83. The third-order valence-electron chi connectivity index (χ3n) is 6.60. The van der Waals surface area contributed by atoms with E-state index in [4.69, 9.17) is 14.5 Å². The molecule has 36 heavy (non-hydrogen) atoms.